The molecule has 0 amide bonds. The van der Waals surface area contributed by atoms with Crippen molar-refractivity contribution in [2.24, 2.45) is 5.92 Å². The van der Waals surface area contributed by atoms with E-state index in [4.69, 9.17) is 4.74 Å². The highest BCUT2D eigenvalue weighted by molar-refractivity contribution is 5.82. The van der Waals surface area contributed by atoms with Gasteiger partial charge in [-0.15, -0.1) is 0 Å². The second kappa shape index (κ2) is 10.4. The highest BCUT2D eigenvalue weighted by Gasteiger charge is 2.11. The first kappa shape index (κ1) is 17.5. The summed E-state index contributed by atoms with van der Waals surface area (Å²) >= 11 is 0. The van der Waals surface area contributed by atoms with Gasteiger partial charge in [0.1, 0.15) is 0 Å². The molecule has 0 heterocycles. The second-order valence-electron chi connectivity index (χ2n) is 5.15. The average molecular weight is 262 g/mol. The lowest BCUT2D eigenvalue weighted by molar-refractivity contribution is -0.141. The molecule has 0 N–H and O–H groups in total. The van der Waals surface area contributed by atoms with Gasteiger partial charge in [0.15, 0.2) is 6.10 Å². The Morgan fingerprint density at radius 1 is 1.42 bits per heavy atom. The minimum atomic E-state index is -0.347. The lowest BCUT2D eigenvalue weighted by Gasteiger charge is -2.13. The van der Waals surface area contributed by atoms with Crippen molar-refractivity contribution in [3.63, 3.8) is 0 Å². The number of rotatable bonds is 7. The molecule has 0 aliphatic heterocycles. The highest BCUT2D eigenvalue weighted by atomic mass is 16.5. The fourth-order valence-corrected chi connectivity index (χ4v) is 1.45. The summed E-state index contributed by atoms with van der Waals surface area (Å²) in [5, 5.41) is 0. The predicted molar refractivity (Wildman–Crippen MR) is 80.6 cm³/mol. The van der Waals surface area contributed by atoms with Crippen LogP contribution in [0.2, 0.25) is 0 Å². The molecule has 0 aliphatic rings. The lowest BCUT2D eigenvalue weighted by atomic mass is 10.1. The first-order valence-electron chi connectivity index (χ1n) is 6.99. The molecule has 0 spiro atoms. The van der Waals surface area contributed by atoms with E-state index in [0.29, 0.717) is 5.92 Å². The maximum atomic E-state index is 11.6. The molecule has 19 heavy (non-hydrogen) atoms. The zero-order chi connectivity index (χ0) is 14.7. The Labute approximate surface area is 117 Å². The fourth-order valence-electron chi connectivity index (χ4n) is 1.45. The van der Waals surface area contributed by atoms with Gasteiger partial charge in [-0.3, -0.25) is 0 Å². The summed E-state index contributed by atoms with van der Waals surface area (Å²) in [7, 11) is 0. The minimum absolute atomic E-state index is 0.308. The third-order valence-electron chi connectivity index (χ3n) is 2.37. The molecule has 0 rings (SSSR count). The molecule has 2 heteroatoms. The number of allylic oxidation sites excluding steroid dienone is 2. The highest BCUT2D eigenvalue weighted by Crippen LogP contribution is 2.08. The van der Waals surface area contributed by atoms with Gasteiger partial charge in [0, 0.05) is 6.08 Å². The first-order valence-corrected chi connectivity index (χ1v) is 6.99. The third kappa shape index (κ3) is 11.3. The molecule has 0 saturated heterocycles. The number of esters is 1. The predicted octanol–water partition coefficient (Wildman–Crippen LogP) is 4.27. The number of ether oxygens (including phenoxy) is 1. The molecule has 1 unspecified atom stereocenters. The van der Waals surface area contributed by atoms with Crippen molar-refractivity contribution in [3.8, 4) is 11.8 Å². The summed E-state index contributed by atoms with van der Waals surface area (Å²) in [5.41, 5.74) is 0.781. The molecule has 106 valence electrons. The third-order valence-corrected chi connectivity index (χ3v) is 2.37. The molecule has 1 atom stereocenters. The molecule has 0 aromatic carbocycles. The first-order chi connectivity index (χ1) is 8.95. The zero-order valence-corrected chi connectivity index (χ0v) is 12.7. The van der Waals surface area contributed by atoms with Crippen LogP contribution >= 0.6 is 0 Å². The Bertz CT molecular complexity index is 366. The van der Waals surface area contributed by atoms with Gasteiger partial charge >= 0.3 is 5.97 Å². The summed E-state index contributed by atoms with van der Waals surface area (Å²) in [4.78, 5) is 11.6. The molecule has 0 aromatic heterocycles. The van der Waals surface area contributed by atoms with Crippen LogP contribution in [0, 0.1) is 17.8 Å². The van der Waals surface area contributed by atoms with Crippen LogP contribution < -0.4 is 0 Å². The van der Waals surface area contributed by atoms with E-state index in [1.54, 1.807) is 0 Å². The van der Waals surface area contributed by atoms with Gasteiger partial charge in [-0.05, 0) is 31.3 Å². The van der Waals surface area contributed by atoms with Crippen molar-refractivity contribution in [1.82, 2.24) is 0 Å². The number of hydrogen-bond donors (Lipinski definition) is 0. The molecule has 0 saturated carbocycles. The monoisotopic (exact) mass is 262 g/mol. The average Bonchev–Trinajstić information content (AvgIpc) is 2.31. The van der Waals surface area contributed by atoms with Crippen LogP contribution in [0.4, 0.5) is 0 Å². The Hall–Kier alpha value is -1.49. The van der Waals surface area contributed by atoms with E-state index in [1.807, 2.05) is 13.0 Å². The van der Waals surface area contributed by atoms with Crippen LogP contribution in [0.3, 0.4) is 0 Å². The summed E-state index contributed by atoms with van der Waals surface area (Å²) in [5.74, 6) is 5.97. The van der Waals surface area contributed by atoms with Crippen molar-refractivity contribution < 1.29 is 9.53 Å². The van der Waals surface area contributed by atoms with E-state index in [9.17, 15) is 4.79 Å². The topological polar surface area (TPSA) is 26.3 Å². The Morgan fingerprint density at radius 3 is 2.63 bits per heavy atom. The quantitative estimate of drug-likeness (QED) is 0.296. The van der Waals surface area contributed by atoms with Crippen LogP contribution in [-0.4, -0.2) is 12.1 Å². The molecule has 0 aromatic rings. The van der Waals surface area contributed by atoms with Crippen molar-refractivity contribution in [2.75, 3.05) is 0 Å². The van der Waals surface area contributed by atoms with Gasteiger partial charge in [0.2, 0.25) is 0 Å². The summed E-state index contributed by atoms with van der Waals surface area (Å²) in [6.45, 7) is 11.9. The zero-order valence-electron chi connectivity index (χ0n) is 12.7. The number of carbonyl (C=O) groups is 1. The van der Waals surface area contributed by atoms with Gasteiger partial charge in [0.25, 0.3) is 0 Å². The van der Waals surface area contributed by atoms with Crippen LogP contribution in [0.5, 0.6) is 0 Å². The normalized spacial score (nSPS) is 12.1. The Kier molecular flexibility index (Phi) is 9.62. The molecule has 0 aliphatic carbocycles. The second-order valence-corrected chi connectivity index (χ2v) is 5.15. The van der Waals surface area contributed by atoms with Gasteiger partial charge in [-0.25, -0.2) is 4.79 Å². The van der Waals surface area contributed by atoms with Gasteiger partial charge < -0.3 is 4.74 Å². The lowest BCUT2D eigenvalue weighted by Crippen LogP contribution is -2.17. The maximum Gasteiger partial charge on any atom is 0.331 e. The van der Waals surface area contributed by atoms with E-state index < -0.39 is 0 Å². The van der Waals surface area contributed by atoms with Crippen LogP contribution in [-0.2, 0) is 9.53 Å². The fraction of sp³-hybridized carbons (Fsp3) is 0.588. The van der Waals surface area contributed by atoms with Gasteiger partial charge in [0.05, 0.1) is 0 Å². The minimum Gasteiger partial charge on any atom is -0.446 e. The molecule has 0 bridgehead atoms. The van der Waals surface area contributed by atoms with E-state index in [2.05, 4.69) is 39.2 Å². The van der Waals surface area contributed by atoms with E-state index in [0.717, 1.165) is 31.3 Å². The van der Waals surface area contributed by atoms with Gasteiger partial charge in [-0.2, -0.15) is 0 Å². The molecule has 0 radical (unpaired) electrons. The van der Waals surface area contributed by atoms with Gasteiger partial charge in [-0.1, -0.05) is 58.1 Å². The number of carbonyl (C=O) groups excluding carboxylic acids is 1. The number of hydrogen-bond acceptors (Lipinski definition) is 2. The van der Waals surface area contributed by atoms with E-state index >= 15 is 0 Å². The maximum absolute atomic E-state index is 11.6. The van der Waals surface area contributed by atoms with E-state index in [-0.39, 0.29) is 12.1 Å². The van der Waals surface area contributed by atoms with Crippen molar-refractivity contribution in [3.05, 3.63) is 24.3 Å². The van der Waals surface area contributed by atoms with E-state index in [1.165, 1.54) is 6.08 Å². The van der Waals surface area contributed by atoms with Crippen LogP contribution in [0.25, 0.3) is 0 Å². The van der Waals surface area contributed by atoms with Crippen molar-refractivity contribution >= 4 is 5.97 Å². The number of unbranched alkanes of at least 4 members (excludes halogenated alkanes) is 2. The molecule has 0 fully saturated rings. The Balaban J connectivity index is 4.39. The largest absolute Gasteiger partial charge is 0.446 e. The molecule has 2 nitrogen and oxygen atoms in total. The van der Waals surface area contributed by atoms with Crippen molar-refractivity contribution in [2.45, 2.75) is 59.5 Å². The smallest absolute Gasteiger partial charge is 0.331 e. The summed E-state index contributed by atoms with van der Waals surface area (Å²) in [6, 6.07) is 0. The summed E-state index contributed by atoms with van der Waals surface area (Å²) < 4.78 is 5.35. The Morgan fingerprint density at radius 2 is 2.11 bits per heavy atom. The SMILES string of the molecule is C=C(C)C#CC(CC(C)C)OC(=O)/C=C/CCCC. The molecular weight excluding hydrogens is 236 g/mol. The summed E-state index contributed by atoms with van der Waals surface area (Å²) in [6.07, 6.45) is 6.90. The van der Waals surface area contributed by atoms with Crippen molar-refractivity contribution in [1.29, 1.82) is 0 Å². The van der Waals surface area contributed by atoms with Crippen LogP contribution in [0.1, 0.15) is 53.4 Å². The van der Waals surface area contributed by atoms with Crippen LogP contribution in [0.15, 0.2) is 24.3 Å². The molecular formula is C17H26O2. The standard InChI is InChI=1S/C17H26O2/c1-6-7-8-9-10-17(18)19-16(13-15(4)5)12-11-14(2)3/h9-10,15-16H,2,6-8,13H2,1,3-5H3/b10-9+.